The van der Waals surface area contributed by atoms with Crippen LogP contribution >= 0.6 is 0 Å². The van der Waals surface area contributed by atoms with Crippen LogP contribution in [0.1, 0.15) is 19.3 Å². The van der Waals surface area contributed by atoms with Crippen molar-refractivity contribution in [3.63, 3.8) is 0 Å². The molecule has 3 aliphatic rings. The number of carbonyl (C=O) groups is 2. The number of nitrogens with zero attached hydrogens (tertiary/aromatic N) is 2. The lowest BCUT2D eigenvalue weighted by Gasteiger charge is -2.29. The van der Waals surface area contributed by atoms with E-state index < -0.39 is 34.4 Å². The van der Waals surface area contributed by atoms with E-state index in [-0.39, 0.29) is 19.2 Å². The van der Waals surface area contributed by atoms with Crippen LogP contribution in [0, 0.1) is 5.92 Å². The second-order valence-corrected chi connectivity index (χ2v) is 7.73. The first-order chi connectivity index (χ1) is 12.3. The molecule has 0 aliphatic carbocycles. The molecule has 0 aromatic carbocycles. The minimum absolute atomic E-state index is 0.103. The maximum absolute atomic E-state index is 12.3. The lowest BCUT2D eigenvalue weighted by Crippen LogP contribution is -2.50. The van der Waals surface area contributed by atoms with Gasteiger partial charge >= 0.3 is 16.4 Å². The van der Waals surface area contributed by atoms with Crippen LogP contribution in [0.2, 0.25) is 0 Å². The summed E-state index contributed by atoms with van der Waals surface area (Å²) in [7, 11) is -4.81. The first kappa shape index (κ1) is 19.3. The van der Waals surface area contributed by atoms with E-state index in [9.17, 15) is 18.0 Å². The fourth-order valence-corrected chi connectivity index (χ4v) is 3.98. The van der Waals surface area contributed by atoms with Crippen molar-refractivity contribution < 1.29 is 31.7 Å². The average molecular weight is 393 g/mol. The van der Waals surface area contributed by atoms with Gasteiger partial charge in [0.1, 0.15) is 6.04 Å². The van der Waals surface area contributed by atoms with Crippen molar-refractivity contribution in [2.45, 2.75) is 37.4 Å². The highest BCUT2D eigenvalue weighted by atomic mass is 32.3. The standard InChI is InChI=1S/C13H23N5O7S/c14-4-8-3-9(15-5-8)7-24-16-12(19)11-2-1-10-6-17(11)13(20)18(10)25-26(21,22)23/h8-11,15H,1-7,14H2,(H,16,19)(H,21,22,23)/t8-,9+,10+,11-/m0/s1. The summed E-state index contributed by atoms with van der Waals surface area (Å²) < 4.78 is 34.8. The van der Waals surface area contributed by atoms with E-state index in [2.05, 4.69) is 15.1 Å². The minimum atomic E-state index is -4.81. The molecule has 12 nitrogen and oxygen atoms in total. The van der Waals surface area contributed by atoms with E-state index in [1.165, 1.54) is 4.90 Å². The first-order valence-corrected chi connectivity index (χ1v) is 9.77. The molecular formula is C13H23N5O7S. The Labute approximate surface area is 150 Å². The molecule has 0 saturated carbocycles. The molecule has 13 heteroatoms. The molecule has 3 fully saturated rings. The van der Waals surface area contributed by atoms with Crippen LogP contribution in [0.25, 0.3) is 0 Å². The third-order valence-corrected chi connectivity index (χ3v) is 5.25. The number of rotatable bonds is 7. The molecule has 3 rings (SSSR count). The molecule has 0 aromatic rings. The Morgan fingerprint density at radius 1 is 1.42 bits per heavy atom. The van der Waals surface area contributed by atoms with Gasteiger partial charge in [-0.05, 0) is 38.3 Å². The number of fused-ring (bicyclic) bond motifs is 2. The van der Waals surface area contributed by atoms with Gasteiger partial charge in [-0.3, -0.25) is 14.2 Å². The van der Waals surface area contributed by atoms with Crippen LogP contribution in [0.15, 0.2) is 0 Å². The molecule has 4 atom stereocenters. The molecular weight excluding hydrogens is 370 g/mol. The highest BCUT2D eigenvalue weighted by Gasteiger charge is 2.49. The van der Waals surface area contributed by atoms with Gasteiger partial charge in [0.05, 0.1) is 12.6 Å². The zero-order valence-corrected chi connectivity index (χ0v) is 14.9. The lowest BCUT2D eigenvalue weighted by atomic mass is 10.0. The van der Waals surface area contributed by atoms with E-state index in [1.54, 1.807) is 0 Å². The van der Waals surface area contributed by atoms with Crippen molar-refractivity contribution in [3.8, 4) is 0 Å². The van der Waals surface area contributed by atoms with Gasteiger partial charge in [0.25, 0.3) is 5.91 Å². The third kappa shape index (κ3) is 4.24. The van der Waals surface area contributed by atoms with Gasteiger partial charge in [-0.25, -0.2) is 10.3 Å². The summed E-state index contributed by atoms with van der Waals surface area (Å²) in [6, 6.07) is -2.01. The summed E-state index contributed by atoms with van der Waals surface area (Å²) in [5.74, 6) is -0.0931. The van der Waals surface area contributed by atoms with E-state index in [4.69, 9.17) is 15.1 Å². The summed E-state index contributed by atoms with van der Waals surface area (Å²) in [4.78, 5) is 31.0. The largest absolute Gasteiger partial charge is 0.418 e. The Bertz CT molecular complexity index is 659. The molecule has 5 N–H and O–H groups in total. The van der Waals surface area contributed by atoms with Crippen molar-refractivity contribution in [2.24, 2.45) is 11.7 Å². The Kier molecular flexibility index (Phi) is 5.64. The number of amides is 3. The maximum Gasteiger partial charge on any atom is 0.418 e. The monoisotopic (exact) mass is 393 g/mol. The van der Waals surface area contributed by atoms with E-state index >= 15 is 0 Å². The highest BCUT2D eigenvalue weighted by molar-refractivity contribution is 7.80. The summed E-state index contributed by atoms with van der Waals surface area (Å²) in [5, 5.41) is 3.84. The molecule has 2 bridgehead atoms. The number of hydrogen-bond acceptors (Lipinski definition) is 8. The Morgan fingerprint density at radius 2 is 2.19 bits per heavy atom. The summed E-state index contributed by atoms with van der Waals surface area (Å²) in [6.07, 6.45) is 1.55. The second-order valence-electron chi connectivity index (χ2n) is 6.73. The summed E-state index contributed by atoms with van der Waals surface area (Å²) >= 11 is 0. The molecule has 3 heterocycles. The normalized spacial score (nSPS) is 31.5. The number of carbonyl (C=O) groups excluding carboxylic acids is 2. The molecule has 0 radical (unpaired) electrons. The van der Waals surface area contributed by atoms with Crippen LogP contribution < -0.4 is 16.5 Å². The van der Waals surface area contributed by atoms with Crippen LogP contribution in [-0.2, 0) is 24.3 Å². The first-order valence-electron chi connectivity index (χ1n) is 8.40. The number of hydroxylamine groups is 3. The Morgan fingerprint density at radius 3 is 2.85 bits per heavy atom. The smallest absolute Gasteiger partial charge is 0.330 e. The van der Waals surface area contributed by atoms with Crippen molar-refractivity contribution >= 4 is 22.3 Å². The van der Waals surface area contributed by atoms with E-state index in [0.29, 0.717) is 30.4 Å². The number of urea groups is 1. The molecule has 3 aliphatic heterocycles. The van der Waals surface area contributed by atoms with Crippen molar-refractivity contribution in [2.75, 3.05) is 26.2 Å². The molecule has 26 heavy (non-hydrogen) atoms. The molecule has 0 aromatic heterocycles. The predicted molar refractivity (Wildman–Crippen MR) is 86.4 cm³/mol. The molecule has 0 unspecified atom stereocenters. The predicted octanol–water partition coefficient (Wildman–Crippen LogP) is -2.03. The van der Waals surface area contributed by atoms with Gasteiger partial charge in [-0.1, -0.05) is 0 Å². The van der Waals surface area contributed by atoms with Gasteiger partial charge in [0, 0.05) is 12.6 Å². The van der Waals surface area contributed by atoms with Crippen LogP contribution in [0.4, 0.5) is 4.79 Å². The van der Waals surface area contributed by atoms with Crippen molar-refractivity contribution in [3.05, 3.63) is 0 Å². The molecule has 3 saturated heterocycles. The van der Waals surface area contributed by atoms with Crippen molar-refractivity contribution in [1.29, 1.82) is 0 Å². The van der Waals surface area contributed by atoms with Gasteiger partial charge in [-0.15, -0.1) is 4.28 Å². The van der Waals surface area contributed by atoms with Crippen LogP contribution in [-0.4, -0.2) is 79.2 Å². The Hall–Kier alpha value is -1.51. The molecule has 148 valence electrons. The van der Waals surface area contributed by atoms with Gasteiger partial charge in [0.15, 0.2) is 0 Å². The quantitative estimate of drug-likeness (QED) is 0.282. The number of nitrogens with two attached hydrogens (primary N) is 1. The minimum Gasteiger partial charge on any atom is -0.330 e. The van der Waals surface area contributed by atoms with Gasteiger partial charge in [0.2, 0.25) is 0 Å². The number of piperidine rings is 1. The highest BCUT2D eigenvalue weighted by Crippen LogP contribution is 2.30. The second kappa shape index (κ2) is 7.62. The SMILES string of the molecule is NC[C@H]1CN[C@@H](CONC(=O)[C@@H]2CC[C@@H]3CN2C(=O)N3OS(=O)(=O)O)C1. The van der Waals surface area contributed by atoms with Crippen LogP contribution in [0.5, 0.6) is 0 Å². The molecule has 3 amide bonds. The number of hydrogen-bond donors (Lipinski definition) is 4. The maximum atomic E-state index is 12.3. The van der Waals surface area contributed by atoms with Crippen molar-refractivity contribution in [1.82, 2.24) is 20.8 Å². The lowest BCUT2D eigenvalue weighted by molar-refractivity contribution is -0.139. The Balaban J connectivity index is 1.49. The number of nitrogens with one attached hydrogen (secondary N) is 2. The molecule has 0 spiro atoms. The van der Waals surface area contributed by atoms with Crippen LogP contribution in [0.3, 0.4) is 0 Å². The zero-order valence-electron chi connectivity index (χ0n) is 14.0. The van der Waals surface area contributed by atoms with Gasteiger partial charge in [-0.2, -0.15) is 13.5 Å². The third-order valence-electron chi connectivity index (χ3n) is 4.90. The average Bonchev–Trinajstić information content (AvgIpc) is 3.13. The summed E-state index contributed by atoms with van der Waals surface area (Å²) in [6.45, 7) is 1.82. The summed E-state index contributed by atoms with van der Waals surface area (Å²) in [5.41, 5.74) is 7.96. The van der Waals surface area contributed by atoms with E-state index in [0.717, 1.165) is 13.0 Å². The fraction of sp³-hybridized carbons (Fsp3) is 0.846. The van der Waals surface area contributed by atoms with Gasteiger partial charge < -0.3 is 16.0 Å². The fourth-order valence-electron chi connectivity index (χ4n) is 3.59. The topological polar surface area (TPSA) is 164 Å². The van der Waals surface area contributed by atoms with E-state index in [1.807, 2.05) is 0 Å². The zero-order chi connectivity index (χ0) is 18.9.